The molecular formula is C18H16F3N3O6S. The predicted molar refractivity (Wildman–Crippen MR) is 103 cm³/mol. The summed E-state index contributed by atoms with van der Waals surface area (Å²) in [6, 6.07) is 4.55. The number of esters is 1. The van der Waals surface area contributed by atoms with Crippen LogP contribution in [0.1, 0.15) is 11.4 Å². The van der Waals surface area contributed by atoms with E-state index >= 15 is 0 Å². The summed E-state index contributed by atoms with van der Waals surface area (Å²) in [5, 5.41) is 0.283. The number of benzene rings is 1. The highest BCUT2D eigenvalue weighted by molar-refractivity contribution is 7.13. The van der Waals surface area contributed by atoms with Gasteiger partial charge in [-0.2, -0.15) is 17.5 Å². The summed E-state index contributed by atoms with van der Waals surface area (Å²) >= 11 is 0.983. The highest BCUT2D eigenvalue weighted by atomic mass is 32.1. The fraction of sp³-hybridized carbons (Fsp3) is 0.333. The number of ether oxygens (including phenoxy) is 3. The minimum absolute atomic E-state index is 0.00276. The minimum atomic E-state index is -4.88. The highest BCUT2D eigenvalue weighted by Crippen LogP contribution is 2.35. The van der Waals surface area contributed by atoms with Crippen molar-refractivity contribution in [1.29, 1.82) is 0 Å². The van der Waals surface area contributed by atoms with Crippen molar-refractivity contribution in [2.24, 2.45) is 7.05 Å². The molecule has 2 aromatic heterocycles. The van der Waals surface area contributed by atoms with E-state index in [1.54, 1.807) is 0 Å². The number of hydrogen-bond acceptors (Lipinski definition) is 8. The molecule has 13 heteroatoms. The lowest BCUT2D eigenvalue weighted by atomic mass is 10.1. The lowest BCUT2D eigenvalue weighted by Crippen LogP contribution is -2.41. The second kappa shape index (κ2) is 7.90. The zero-order chi connectivity index (χ0) is 23.1. The number of carbonyl (C=O) groups excluding carboxylic acids is 1. The summed E-state index contributed by atoms with van der Waals surface area (Å²) in [5.74, 6) is -2.93. The van der Waals surface area contributed by atoms with Crippen molar-refractivity contribution in [1.82, 2.24) is 13.5 Å². The average Bonchev–Trinajstić information content (AvgIpc) is 3.15. The largest absolute Gasteiger partial charge is 0.465 e. The fourth-order valence-corrected chi connectivity index (χ4v) is 3.90. The SMILES string of the molecule is COC(=O)C(OC)(OC)c1nsc2ccc(-n3c(=O)cc(C(F)(F)F)n(C)c3=O)cc12. The number of fused-ring (bicyclic) bond motifs is 1. The second-order valence-electron chi connectivity index (χ2n) is 6.27. The lowest BCUT2D eigenvalue weighted by molar-refractivity contribution is -0.234. The molecule has 0 spiro atoms. The van der Waals surface area contributed by atoms with Crippen LogP contribution in [0.25, 0.3) is 15.8 Å². The summed E-state index contributed by atoms with van der Waals surface area (Å²) in [5.41, 5.74) is -3.76. The van der Waals surface area contributed by atoms with Crippen LogP contribution < -0.4 is 11.2 Å². The van der Waals surface area contributed by atoms with E-state index < -0.39 is 34.9 Å². The van der Waals surface area contributed by atoms with Gasteiger partial charge in [0.05, 0.1) is 17.5 Å². The molecule has 0 amide bonds. The molecule has 0 bridgehead atoms. The first kappa shape index (κ1) is 22.7. The molecular weight excluding hydrogens is 443 g/mol. The predicted octanol–water partition coefficient (Wildman–Crippen LogP) is 1.78. The summed E-state index contributed by atoms with van der Waals surface area (Å²) in [6.45, 7) is 0. The van der Waals surface area contributed by atoms with Crippen LogP contribution in [0.2, 0.25) is 0 Å². The number of halogens is 3. The number of rotatable bonds is 5. The van der Waals surface area contributed by atoms with Gasteiger partial charge in [-0.1, -0.05) is 0 Å². The van der Waals surface area contributed by atoms with Crippen LogP contribution in [0, 0.1) is 0 Å². The molecule has 0 aliphatic rings. The Kier molecular flexibility index (Phi) is 5.78. The standard InChI is InChI=1S/C18H16F3N3O6S/c1-23-12(18(19,20)21)8-13(25)24(16(23)27)9-5-6-11-10(7-9)14(22-31-11)17(29-3,30-4)15(26)28-2/h5-8H,1-4H3. The van der Waals surface area contributed by atoms with Crippen LogP contribution >= 0.6 is 11.5 Å². The Morgan fingerprint density at radius 3 is 2.29 bits per heavy atom. The van der Waals surface area contributed by atoms with E-state index in [-0.39, 0.29) is 16.8 Å². The van der Waals surface area contributed by atoms with Crippen molar-refractivity contribution in [2.75, 3.05) is 21.3 Å². The molecule has 0 atom stereocenters. The van der Waals surface area contributed by atoms with Gasteiger partial charge in [-0.05, 0) is 29.7 Å². The van der Waals surface area contributed by atoms with Crippen LogP contribution in [-0.2, 0) is 38.0 Å². The third-order valence-electron chi connectivity index (χ3n) is 4.66. The molecule has 3 aromatic rings. The molecule has 9 nitrogen and oxygen atoms in total. The van der Waals surface area contributed by atoms with E-state index in [0.29, 0.717) is 19.9 Å². The molecule has 3 rings (SSSR count). The van der Waals surface area contributed by atoms with Gasteiger partial charge < -0.3 is 14.2 Å². The van der Waals surface area contributed by atoms with Gasteiger partial charge in [-0.15, -0.1) is 0 Å². The van der Waals surface area contributed by atoms with Crippen molar-refractivity contribution >= 4 is 27.6 Å². The average molecular weight is 459 g/mol. The Hall–Kier alpha value is -3.03. The van der Waals surface area contributed by atoms with Crippen LogP contribution in [0.4, 0.5) is 13.2 Å². The molecule has 0 unspecified atom stereocenters. The van der Waals surface area contributed by atoms with Crippen LogP contribution in [0.3, 0.4) is 0 Å². The summed E-state index contributed by atoms with van der Waals surface area (Å²) in [6.07, 6.45) is -4.88. The first-order chi connectivity index (χ1) is 14.5. The number of hydrogen-bond donors (Lipinski definition) is 0. The van der Waals surface area contributed by atoms with E-state index in [2.05, 4.69) is 4.37 Å². The van der Waals surface area contributed by atoms with Crippen LogP contribution in [-0.4, -0.2) is 40.8 Å². The first-order valence-electron chi connectivity index (χ1n) is 8.51. The van der Waals surface area contributed by atoms with Crippen molar-refractivity contribution in [3.63, 3.8) is 0 Å². The Bertz CT molecular complexity index is 1270. The molecule has 0 aliphatic carbocycles. The Morgan fingerprint density at radius 2 is 1.74 bits per heavy atom. The third-order valence-corrected chi connectivity index (χ3v) is 5.49. The molecule has 0 aliphatic heterocycles. The van der Waals surface area contributed by atoms with Crippen LogP contribution in [0.15, 0.2) is 33.9 Å². The number of methoxy groups -OCH3 is 3. The molecule has 0 radical (unpaired) electrons. The minimum Gasteiger partial charge on any atom is -0.465 e. The second-order valence-corrected chi connectivity index (χ2v) is 7.08. The van der Waals surface area contributed by atoms with Gasteiger partial charge in [-0.3, -0.25) is 9.36 Å². The zero-order valence-corrected chi connectivity index (χ0v) is 17.5. The summed E-state index contributed by atoms with van der Waals surface area (Å²) < 4.78 is 60.2. The van der Waals surface area contributed by atoms with E-state index in [4.69, 9.17) is 14.2 Å². The Morgan fingerprint density at radius 1 is 1.10 bits per heavy atom. The smallest absolute Gasteiger partial charge is 0.431 e. The number of nitrogens with zero attached hydrogens (tertiary/aromatic N) is 3. The van der Waals surface area contributed by atoms with Gasteiger partial charge >= 0.3 is 23.6 Å². The zero-order valence-electron chi connectivity index (χ0n) is 16.6. The van der Waals surface area contributed by atoms with Gasteiger partial charge in [0.15, 0.2) is 0 Å². The van der Waals surface area contributed by atoms with Crippen molar-refractivity contribution in [2.45, 2.75) is 12.0 Å². The van der Waals surface area contributed by atoms with Crippen molar-refractivity contribution in [3.8, 4) is 5.69 Å². The van der Waals surface area contributed by atoms with E-state index in [0.717, 1.165) is 25.7 Å². The molecule has 166 valence electrons. The highest BCUT2D eigenvalue weighted by Gasteiger charge is 2.46. The van der Waals surface area contributed by atoms with E-state index in [1.807, 2.05) is 0 Å². The maximum absolute atomic E-state index is 13.1. The molecule has 0 saturated carbocycles. The molecule has 0 N–H and O–H groups in total. The molecule has 31 heavy (non-hydrogen) atoms. The number of carbonyl (C=O) groups is 1. The normalized spacial score (nSPS) is 12.4. The fourth-order valence-electron chi connectivity index (χ4n) is 3.11. The molecule has 0 fully saturated rings. The van der Waals surface area contributed by atoms with Crippen molar-refractivity contribution < 1.29 is 32.2 Å². The number of alkyl halides is 3. The third kappa shape index (κ3) is 3.54. The van der Waals surface area contributed by atoms with Crippen molar-refractivity contribution in [3.05, 3.63) is 56.5 Å². The van der Waals surface area contributed by atoms with Crippen LogP contribution in [0.5, 0.6) is 0 Å². The maximum atomic E-state index is 13.1. The Balaban J connectivity index is 2.30. The monoisotopic (exact) mass is 459 g/mol. The lowest BCUT2D eigenvalue weighted by Gasteiger charge is -2.26. The Labute approximate surface area is 176 Å². The summed E-state index contributed by atoms with van der Waals surface area (Å²) in [7, 11) is 4.44. The molecule has 0 saturated heterocycles. The first-order valence-corrected chi connectivity index (χ1v) is 9.28. The summed E-state index contributed by atoms with van der Waals surface area (Å²) in [4.78, 5) is 37.3. The van der Waals surface area contributed by atoms with Gasteiger partial charge in [0.1, 0.15) is 11.4 Å². The molecule has 2 heterocycles. The maximum Gasteiger partial charge on any atom is 0.431 e. The van der Waals surface area contributed by atoms with Gasteiger partial charge in [0, 0.05) is 32.7 Å². The quantitative estimate of drug-likeness (QED) is 0.423. The number of aromatic nitrogens is 3. The van der Waals surface area contributed by atoms with Gasteiger partial charge in [0.25, 0.3) is 5.56 Å². The van der Waals surface area contributed by atoms with E-state index in [1.165, 1.54) is 32.4 Å². The topological polar surface area (TPSA) is 102 Å². The van der Waals surface area contributed by atoms with Gasteiger partial charge in [0.2, 0.25) is 0 Å². The van der Waals surface area contributed by atoms with Gasteiger partial charge in [-0.25, -0.2) is 14.2 Å². The van der Waals surface area contributed by atoms with E-state index in [9.17, 15) is 27.6 Å². The molecule has 1 aromatic carbocycles.